The monoisotopic (exact) mass is 336 g/mol. The van der Waals surface area contributed by atoms with Crippen LogP contribution in [-0.4, -0.2) is 32.3 Å². The van der Waals surface area contributed by atoms with Gasteiger partial charge < -0.3 is 4.74 Å². The molecule has 3 rings (SSSR count). The van der Waals surface area contributed by atoms with Gasteiger partial charge in [-0.1, -0.05) is 30.3 Å². The molecule has 6 nitrogen and oxygen atoms in total. The summed E-state index contributed by atoms with van der Waals surface area (Å²) in [7, 11) is 0. The normalized spacial score (nSPS) is 13.9. The van der Waals surface area contributed by atoms with Gasteiger partial charge in [-0.15, -0.1) is 5.10 Å². The molecule has 0 N–H and O–H groups in total. The minimum absolute atomic E-state index is 0.284. The van der Waals surface area contributed by atoms with E-state index in [0.29, 0.717) is 24.4 Å². The predicted octanol–water partition coefficient (Wildman–Crippen LogP) is 2.19. The number of nitrogens with zero attached hydrogens (tertiary/aromatic N) is 4. The van der Waals surface area contributed by atoms with Gasteiger partial charge in [0.05, 0.1) is 13.1 Å². The maximum atomic E-state index is 12.0. The molecule has 0 spiro atoms. The summed E-state index contributed by atoms with van der Waals surface area (Å²) in [5.74, 6) is 0.764. The molecular formula is C13H13BrN4O2. The number of ether oxygens (including phenoxy) is 1. The molecule has 20 heavy (non-hydrogen) atoms. The van der Waals surface area contributed by atoms with Gasteiger partial charge in [-0.25, -0.2) is 14.5 Å². The van der Waals surface area contributed by atoms with E-state index in [4.69, 9.17) is 4.74 Å². The summed E-state index contributed by atoms with van der Waals surface area (Å²) in [6, 6.07) is 9.63. The van der Waals surface area contributed by atoms with Crippen LogP contribution in [0.1, 0.15) is 11.4 Å². The second kappa shape index (κ2) is 5.62. The highest BCUT2D eigenvalue weighted by Gasteiger charge is 2.24. The van der Waals surface area contributed by atoms with E-state index in [9.17, 15) is 4.79 Å². The second-order valence-electron chi connectivity index (χ2n) is 4.48. The van der Waals surface area contributed by atoms with Gasteiger partial charge in [0.2, 0.25) is 4.73 Å². The van der Waals surface area contributed by atoms with Gasteiger partial charge in [0.25, 0.3) is 0 Å². The fourth-order valence-electron chi connectivity index (χ4n) is 2.07. The summed E-state index contributed by atoms with van der Waals surface area (Å²) in [5.41, 5.74) is 0.976. The Kier molecular flexibility index (Phi) is 3.68. The molecule has 1 aliphatic rings. The number of hydrogen-bond donors (Lipinski definition) is 0. The van der Waals surface area contributed by atoms with Crippen LogP contribution in [-0.2, 0) is 24.4 Å². The molecule has 0 bridgehead atoms. The number of benzene rings is 1. The third-order valence-electron chi connectivity index (χ3n) is 3.10. The largest absolute Gasteiger partial charge is 0.445 e. The van der Waals surface area contributed by atoms with E-state index in [0.717, 1.165) is 11.4 Å². The lowest BCUT2D eigenvalue weighted by Crippen LogP contribution is -2.39. The zero-order valence-electron chi connectivity index (χ0n) is 10.7. The van der Waals surface area contributed by atoms with E-state index in [2.05, 4.69) is 26.0 Å². The molecule has 1 aliphatic heterocycles. The van der Waals surface area contributed by atoms with Crippen LogP contribution in [0.2, 0.25) is 0 Å². The van der Waals surface area contributed by atoms with Crippen molar-refractivity contribution in [3.05, 3.63) is 46.5 Å². The molecule has 0 atom stereocenters. The smallest absolute Gasteiger partial charge is 0.410 e. The summed E-state index contributed by atoms with van der Waals surface area (Å²) in [5, 5.41) is 4.18. The topological polar surface area (TPSA) is 60.2 Å². The zero-order chi connectivity index (χ0) is 13.9. The van der Waals surface area contributed by atoms with Crippen molar-refractivity contribution in [3.8, 4) is 0 Å². The summed E-state index contributed by atoms with van der Waals surface area (Å²) in [6.07, 6.45) is -0.320. The molecule has 0 saturated heterocycles. The Morgan fingerprint density at radius 2 is 2.10 bits per heavy atom. The van der Waals surface area contributed by atoms with Crippen LogP contribution >= 0.6 is 15.9 Å². The number of hydrogen-bond acceptors (Lipinski definition) is 4. The first kappa shape index (κ1) is 13.1. The fraction of sp³-hybridized carbons (Fsp3) is 0.308. The van der Waals surface area contributed by atoms with Crippen molar-refractivity contribution in [1.82, 2.24) is 19.7 Å². The standard InChI is InChI=1S/C13H13BrN4O2/c14-12-15-11-8-17(6-7-18(11)16-12)13(19)20-9-10-4-2-1-3-5-10/h1-5H,6-9H2. The fourth-order valence-corrected chi connectivity index (χ4v) is 2.47. The summed E-state index contributed by atoms with van der Waals surface area (Å²) < 4.78 is 7.65. The van der Waals surface area contributed by atoms with E-state index < -0.39 is 0 Å². The molecule has 7 heteroatoms. The van der Waals surface area contributed by atoms with Crippen molar-refractivity contribution in [3.63, 3.8) is 0 Å². The van der Waals surface area contributed by atoms with Crippen molar-refractivity contribution in [2.24, 2.45) is 0 Å². The van der Waals surface area contributed by atoms with Crippen LogP contribution in [0.15, 0.2) is 35.1 Å². The highest BCUT2D eigenvalue weighted by molar-refractivity contribution is 9.10. The third-order valence-corrected chi connectivity index (χ3v) is 3.44. The number of aromatic nitrogens is 3. The summed E-state index contributed by atoms with van der Waals surface area (Å²) >= 11 is 3.23. The highest BCUT2D eigenvalue weighted by Crippen LogP contribution is 2.14. The average molecular weight is 337 g/mol. The van der Waals surface area contributed by atoms with E-state index in [1.165, 1.54) is 0 Å². The molecule has 0 saturated carbocycles. The van der Waals surface area contributed by atoms with Crippen LogP contribution < -0.4 is 0 Å². The maximum absolute atomic E-state index is 12.0. The molecule has 0 unspecified atom stereocenters. The van der Waals surface area contributed by atoms with Crippen LogP contribution in [0.3, 0.4) is 0 Å². The first-order chi connectivity index (χ1) is 9.72. The molecule has 2 aromatic rings. The van der Waals surface area contributed by atoms with E-state index >= 15 is 0 Å². The highest BCUT2D eigenvalue weighted by atomic mass is 79.9. The molecule has 2 heterocycles. The first-order valence-corrected chi connectivity index (χ1v) is 7.06. The number of halogens is 1. The molecule has 0 fully saturated rings. The molecule has 1 aromatic carbocycles. The minimum Gasteiger partial charge on any atom is -0.445 e. The Bertz CT molecular complexity index is 614. The molecule has 0 aliphatic carbocycles. The van der Waals surface area contributed by atoms with Gasteiger partial charge in [0, 0.05) is 6.54 Å². The Morgan fingerprint density at radius 3 is 2.90 bits per heavy atom. The predicted molar refractivity (Wildman–Crippen MR) is 74.8 cm³/mol. The van der Waals surface area contributed by atoms with Gasteiger partial charge in [0.1, 0.15) is 12.4 Å². The first-order valence-electron chi connectivity index (χ1n) is 6.27. The van der Waals surface area contributed by atoms with Gasteiger partial charge >= 0.3 is 6.09 Å². The van der Waals surface area contributed by atoms with Crippen LogP contribution in [0.4, 0.5) is 4.79 Å². The SMILES string of the molecule is O=C(OCc1ccccc1)N1CCn2nc(Br)nc2C1. The quantitative estimate of drug-likeness (QED) is 0.843. The second-order valence-corrected chi connectivity index (χ2v) is 5.19. The lowest BCUT2D eigenvalue weighted by Gasteiger charge is -2.25. The lowest BCUT2D eigenvalue weighted by atomic mass is 10.2. The lowest BCUT2D eigenvalue weighted by molar-refractivity contribution is 0.0851. The van der Waals surface area contributed by atoms with Crippen LogP contribution in [0.25, 0.3) is 0 Å². The van der Waals surface area contributed by atoms with Crippen molar-refractivity contribution in [2.45, 2.75) is 19.7 Å². The van der Waals surface area contributed by atoms with Crippen molar-refractivity contribution in [2.75, 3.05) is 6.54 Å². The van der Waals surface area contributed by atoms with Crippen molar-refractivity contribution < 1.29 is 9.53 Å². The van der Waals surface area contributed by atoms with E-state index in [1.807, 2.05) is 30.3 Å². The Morgan fingerprint density at radius 1 is 1.30 bits per heavy atom. The number of amides is 1. The maximum Gasteiger partial charge on any atom is 0.410 e. The third kappa shape index (κ3) is 2.82. The van der Waals surface area contributed by atoms with E-state index in [1.54, 1.807) is 9.58 Å². The summed E-state index contributed by atoms with van der Waals surface area (Å²) in [6.45, 7) is 1.92. The van der Waals surface area contributed by atoms with Gasteiger partial charge in [-0.3, -0.25) is 4.90 Å². The van der Waals surface area contributed by atoms with Crippen LogP contribution in [0, 0.1) is 0 Å². The summed E-state index contributed by atoms with van der Waals surface area (Å²) in [4.78, 5) is 17.9. The van der Waals surface area contributed by atoms with Gasteiger partial charge in [-0.05, 0) is 21.5 Å². The number of carbonyl (C=O) groups is 1. The number of carbonyl (C=O) groups excluding carboxylic acids is 1. The molecular weight excluding hydrogens is 324 g/mol. The van der Waals surface area contributed by atoms with Gasteiger partial charge in [0.15, 0.2) is 0 Å². The molecule has 0 radical (unpaired) electrons. The van der Waals surface area contributed by atoms with Crippen molar-refractivity contribution >= 4 is 22.0 Å². The van der Waals surface area contributed by atoms with E-state index in [-0.39, 0.29) is 12.7 Å². The number of rotatable bonds is 2. The molecule has 1 amide bonds. The Hall–Kier alpha value is -1.89. The zero-order valence-corrected chi connectivity index (χ0v) is 12.3. The van der Waals surface area contributed by atoms with Gasteiger partial charge in [-0.2, -0.15) is 0 Å². The van der Waals surface area contributed by atoms with Crippen LogP contribution in [0.5, 0.6) is 0 Å². The van der Waals surface area contributed by atoms with Crippen molar-refractivity contribution in [1.29, 1.82) is 0 Å². The molecule has 104 valence electrons. The minimum atomic E-state index is -0.320. The molecule has 1 aromatic heterocycles. The Labute approximate surface area is 124 Å². The average Bonchev–Trinajstić information content (AvgIpc) is 2.85. The Balaban J connectivity index is 1.59. The number of fused-ring (bicyclic) bond motifs is 1.